The summed E-state index contributed by atoms with van der Waals surface area (Å²) in [6, 6.07) is 2.17. The number of rotatable bonds is 2. The van der Waals surface area contributed by atoms with Crippen LogP contribution in [0.4, 0.5) is 0 Å². The Morgan fingerprint density at radius 1 is 1.30 bits per heavy atom. The molecule has 0 amide bonds. The van der Waals surface area contributed by atoms with E-state index in [9.17, 15) is 0 Å². The van der Waals surface area contributed by atoms with E-state index < -0.39 is 0 Å². The van der Waals surface area contributed by atoms with Gasteiger partial charge in [0.1, 0.15) is 0 Å². The minimum atomic E-state index is 0.0719. The number of nitrogens with zero attached hydrogens (tertiary/aromatic N) is 1. The molecule has 3 rings (SSSR count). The lowest BCUT2D eigenvalue weighted by Gasteiger charge is -2.45. The van der Waals surface area contributed by atoms with Crippen molar-refractivity contribution in [1.82, 2.24) is 4.98 Å². The van der Waals surface area contributed by atoms with Gasteiger partial charge in [-0.05, 0) is 59.2 Å². The molecule has 1 aromatic heterocycles. The number of hydrogen-bond donors (Lipinski definition) is 1. The van der Waals surface area contributed by atoms with E-state index in [4.69, 9.17) is 10.5 Å². The van der Waals surface area contributed by atoms with Gasteiger partial charge in [0, 0.05) is 29.5 Å². The van der Waals surface area contributed by atoms with Crippen molar-refractivity contribution in [2.75, 3.05) is 6.61 Å². The van der Waals surface area contributed by atoms with Gasteiger partial charge in [-0.2, -0.15) is 0 Å². The van der Waals surface area contributed by atoms with Crippen LogP contribution in [0.15, 0.2) is 22.9 Å². The summed E-state index contributed by atoms with van der Waals surface area (Å²) in [5.41, 5.74) is 7.77. The maximum absolute atomic E-state index is 6.51. The van der Waals surface area contributed by atoms with Crippen molar-refractivity contribution in [2.45, 2.75) is 56.6 Å². The third-order valence-electron chi connectivity index (χ3n) is 4.91. The number of nitrogens with two attached hydrogens (primary N) is 1. The Hall–Kier alpha value is -0.450. The van der Waals surface area contributed by atoms with Crippen LogP contribution in [0.3, 0.4) is 0 Å². The fraction of sp³-hybridized carbons (Fsp3) is 0.688. The van der Waals surface area contributed by atoms with Gasteiger partial charge in [-0.1, -0.05) is 19.3 Å². The molecule has 1 aliphatic heterocycles. The van der Waals surface area contributed by atoms with E-state index >= 15 is 0 Å². The summed E-state index contributed by atoms with van der Waals surface area (Å²) in [6.07, 6.45) is 12.3. The first kappa shape index (κ1) is 14.5. The molecule has 4 heteroatoms. The van der Waals surface area contributed by atoms with Gasteiger partial charge in [0.15, 0.2) is 0 Å². The lowest BCUT2D eigenvalue weighted by Crippen LogP contribution is -2.44. The van der Waals surface area contributed by atoms with Crippen LogP contribution in [-0.2, 0) is 4.74 Å². The molecule has 2 unspecified atom stereocenters. The van der Waals surface area contributed by atoms with Crippen LogP contribution in [0.2, 0.25) is 0 Å². The van der Waals surface area contributed by atoms with Gasteiger partial charge >= 0.3 is 0 Å². The van der Waals surface area contributed by atoms with Crippen molar-refractivity contribution in [3.8, 4) is 0 Å². The van der Waals surface area contributed by atoms with Crippen LogP contribution in [0.1, 0.15) is 56.6 Å². The lowest BCUT2D eigenvalue weighted by atomic mass is 9.73. The Kier molecular flexibility index (Phi) is 4.43. The van der Waals surface area contributed by atoms with E-state index in [2.05, 4.69) is 27.0 Å². The summed E-state index contributed by atoms with van der Waals surface area (Å²) in [5, 5.41) is 0. The van der Waals surface area contributed by atoms with Crippen LogP contribution in [-0.4, -0.2) is 17.2 Å². The first-order valence-electron chi connectivity index (χ1n) is 7.69. The molecule has 1 aromatic rings. The molecule has 2 heterocycles. The van der Waals surface area contributed by atoms with Crippen molar-refractivity contribution in [3.63, 3.8) is 0 Å². The summed E-state index contributed by atoms with van der Waals surface area (Å²) >= 11 is 3.48. The average molecular weight is 339 g/mol. The summed E-state index contributed by atoms with van der Waals surface area (Å²) in [7, 11) is 0. The Bertz CT molecular complexity index is 454. The molecule has 2 fully saturated rings. The second-order valence-electron chi connectivity index (χ2n) is 6.31. The van der Waals surface area contributed by atoms with Crippen LogP contribution in [0.5, 0.6) is 0 Å². The first-order valence-corrected chi connectivity index (χ1v) is 8.48. The molecule has 2 aliphatic rings. The molecule has 1 aliphatic carbocycles. The number of aromatic nitrogens is 1. The predicted octanol–water partition coefficient (Wildman–Crippen LogP) is 3.97. The third-order valence-corrected chi connectivity index (χ3v) is 5.35. The summed E-state index contributed by atoms with van der Waals surface area (Å²) in [4.78, 5) is 4.25. The van der Waals surface area contributed by atoms with Crippen LogP contribution >= 0.6 is 15.9 Å². The predicted molar refractivity (Wildman–Crippen MR) is 83.4 cm³/mol. The van der Waals surface area contributed by atoms with Crippen LogP contribution in [0.25, 0.3) is 0 Å². The normalized spacial score (nSPS) is 27.4. The van der Waals surface area contributed by atoms with Crippen molar-refractivity contribution < 1.29 is 4.74 Å². The highest BCUT2D eigenvalue weighted by Crippen LogP contribution is 2.43. The maximum atomic E-state index is 6.51. The van der Waals surface area contributed by atoms with E-state index in [0.29, 0.717) is 5.92 Å². The van der Waals surface area contributed by atoms with E-state index in [0.717, 1.165) is 29.5 Å². The highest BCUT2D eigenvalue weighted by atomic mass is 79.9. The molecule has 0 bridgehead atoms. The SMILES string of the molecule is NC(c1cncc(Br)c1)C1CCOC2(CCCCC2)C1. The number of halogens is 1. The van der Waals surface area contributed by atoms with Crippen molar-refractivity contribution in [3.05, 3.63) is 28.5 Å². The molecule has 0 aromatic carbocycles. The Balaban J connectivity index is 1.73. The minimum Gasteiger partial charge on any atom is -0.375 e. The Morgan fingerprint density at radius 2 is 2.10 bits per heavy atom. The number of ether oxygens (including phenoxy) is 1. The molecule has 20 heavy (non-hydrogen) atoms. The van der Waals surface area contributed by atoms with Crippen LogP contribution in [0, 0.1) is 5.92 Å². The van der Waals surface area contributed by atoms with Gasteiger partial charge in [0.05, 0.1) is 5.60 Å². The Morgan fingerprint density at radius 3 is 2.85 bits per heavy atom. The van der Waals surface area contributed by atoms with Gasteiger partial charge in [0.2, 0.25) is 0 Å². The van der Waals surface area contributed by atoms with Crippen molar-refractivity contribution in [2.24, 2.45) is 11.7 Å². The molecular weight excluding hydrogens is 316 g/mol. The second kappa shape index (κ2) is 6.12. The van der Waals surface area contributed by atoms with Gasteiger partial charge < -0.3 is 10.5 Å². The monoisotopic (exact) mass is 338 g/mol. The zero-order chi connectivity index (χ0) is 14.0. The van der Waals surface area contributed by atoms with Crippen molar-refractivity contribution >= 4 is 15.9 Å². The molecule has 2 atom stereocenters. The molecule has 1 spiro atoms. The number of pyridine rings is 1. The minimum absolute atomic E-state index is 0.0719. The topological polar surface area (TPSA) is 48.1 Å². The molecule has 110 valence electrons. The quantitative estimate of drug-likeness (QED) is 0.887. The highest BCUT2D eigenvalue weighted by molar-refractivity contribution is 9.10. The number of hydrogen-bond acceptors (Lipinski definition) is 3. The first-order chi connectivity index (χ1) is 9.69. The fourth-order valence-corrected chi connectivity index (χ4v) is 4.18. The van der Waals surface area contributed by atoms with Gasteiger partial charge in [-0.25, -0.2) is 0 Å². The fourth-order valence-electron chi connectivity index (χ4n) is 3.80. The van der Waals surface area contributed by atoms with Crippen LogP contribution < -0.4 is 5.73 Å². The molecular formula is C16H23BrN2O. The summed E-state index contributed by atoms with van der Waals surface area (Å²) in [5.74, 6) is 0.512. The average Bonchev–Trinajstić information content (AvgIpc) is 2.47. The maximum Gasteiger partial charge on any atom is 0.0685 e. The Labute approximate surface area is 129 Å². The highest BCUT2D eigenvalue weighted by Gasteiger charge is 2.40. The van der Waals surface area contributed by atoms with E-state index in [1.807, 2.05) is 12.4 Å². The molecule has 1 saturated heterocycles. The molecule has 1 saturated carbocycles. The second-order valence-corrected chi connectivity index (χ2v) is 7.22. The largest absolute Gasteiger partial charge is 0.375 e. The zero-order valence-corrected chi connectivity index (χ0v) is 13.4. The smallest absolute Gasteiger partial charge is 0.0685 e. The zero-order valence-electron chi connectivity index (χ0n) is 11.9. The van der Waals surface area contributed by atoms with E-state index in [1.165, 1.54) is 32.1 Å². The van der Waals surface area contributed by atoms with E-state index in [1.54, 1.807) is 0 Å². The molecule has 2 N–H and O–H groups in total. The molecule has 0 radical (unpaired) electrons. The van der Waals surface area contributed by atoms with Gasteiger partial charge in [0.25, 0.3) is 0 Å². The van der Waals surface area contributed by atoms with Gasteiger partial charge in [-0.15, -0.1) is 0 Å². The summed E-state index contributed by atoms with van der Waals surface area (Å²) in [6.45, 7) is 0.861. The molecule has 3 nitrogen and oxygen atoms in total. The van der Waals surface area contributed by atoms with E-state index in [-0.39, 0.29) is 11.6 Å². The lowest BCUT2D eigenvalue weighted by molar-refractivity contribution is -0.120. The standard InChI is InChI=1S/C16H23BrN2O/c17-14-8-13(10-19-11-14)15(18)12-4-7-20-16(9-12)5-2-1-3-6-16/h8,10-12,15H,1-7,9,18H2. The summed E-state index contributed by atoms with van der Waals surface area (Å²) < 4.78 is 7.17. The van der Waals surface area contributed by atoms with Crippen molar-refractivity contribution in [1.29, 1.82) is 0 Å². The van der Waals surface area contributed by atoms with Gasteiger partial charge in [-0.3, -0.25) is 4.98 Å². The third kappa shape index (κ3) is 3.07.